The average Bonchev–Trinajstić information content (AvgIpc) is 3.34. The molecule has 6 nitrogen and oxygen atoms in total. The van der Waals surface area contributed by atoms with Crippen molar-refractivity contribution in [3.05, 3.63) is 52.4 Å². The summed E-state index contributed by atoms with van der Waals surface area (Å²) in [5, 5.41) is 3.07. The van der Waals surface area contributed by atoms with E-state index in [9.17, 15) is 4.79 Å². The fraction of sp³-hybridized carbons (Fsp3) is 0.450. The Morgan fingerprint density at radius 2 is 1.96 bits per heavy atom. The Morgan fingerprint density at radius 1 is 1.26 bits per heavy atom. The van der Waals surface area contributed by atoms with Crippen LogP contribution >= 0.6 is 15.9 Å². The fourth-order valence-corrected chi connectivity index (χ4v) is 3.74. The molecule has 3 rings (SSSR count). The summed E-state index contributed by atoms with van der Waals surface area (Å²) in [6.07, 6.45) is 2.40. The second-order valence-corrected chi connectivity index (χ2v) is 7.56. The maximum Gasteiger partial charge on any atom is 0.317 e. The topological polar surface area (TPSA) is 58.0 Å². The minimum absolute atomic E-state index is 0.111. The zero-order valence-corrected chi connectivity index (χ0v) is 17.4. The first kappa shape index (κ1) is 19.8. The molecule has 1 fully saturated rings. The van der Waals surface area contributed by atoms with E-state index < -0.39 is 0 Å². The Morgan fingerprint density at radius 3 is 2.56 bits per heavy atom. The SMILES string of the molecule is COc1ccc(C(CNC(=O)N(C)Cc2ccc(Br)o2)N2CCCC2)cc1. The maximum absolute atomic E-state index is 12.5. The van der Waals surface area contributed by atoms with Crippen LogP contribution in [0.4, 0.5) is 4.79 Å². The standard InChI is InChI=1S/C20H26BrN3O3/c1-23(14-17-9-10-19(21)27-17)20(25)22-13-18(24-11-3-4-12-24)15-5-7-16(26-2)8-6-15/h5-10,18H,3-4,11-14H2,1-2H3,(H,22,25). The predicted octanol–water partition coefficient (Wildman–Crippen LogP) is 4.03. The van der Waals surface area contributed by atoms with Gasteiger partial charge in [-0.05, 0) is 71.7 Å². The van der Waals surface area contributed by atoms with Gasteiger partial charge in [0, 0.05) is 13.6 Å². The van der Waals surface area contributed by atoms with Gasteiger partial charge >= 0.3 is 6.03 Å². The summed E-state index contributed by atoms with van der Waals surface area (Å²) in [7, 11) is 3.44. The molecular formula is C20H26BrN3O3. The van der Waals surface area contributed by atoms with Gasteiger partial charge in [-0.25, -0.2) is 4.79 Å². The molecule has 1 unspecified atom stereocenters. The molecule has 1 aliphatic rings. The number of urea groups is 1. The van der Waals surface area contributed by atoms with E-state index in [4.69, 9.17) is 9.15 Å². The molecule has 1 aromatic carbocycles. The van der Waals surface area contributed by atoms with E-state index in [2.05, 4.69) is 38.3 Å². The van der Waals surface area contributed by atoms with Gasteiger partial charge < -0.3 is 19.4 Å². The van der Waals surface area contributed by atoms with E-state index in [0.717, 1.165) is 24.6 Å². The molecule has 0 spiro atoms. The van der Waals surface area contributed by atoms with E-state index in [0.29, 0.717) is 17.8 Å². The number of likely N-dealkylation sites (tertiary alicyclic amines) is 1. The summed E-state index contributed by atoms with van der Waals surface area (Å²) in [5.74, 6) is 1.58. The number of amides is 2. The Balaban J connectivity index is 1.62. The van der Waals surface area contributed by atoms with Crippen molar-refractivity contribution in [2.24, 2.45) is 0 Å². The number of halogens is 1. The van der Waals surface area contributed by atoms with E-state index in [-0.39, 0.29) is 12.1 Å². The van der Waals surface area contributed by atoms with Gasteiger partial charge in [0.25, 0.3) is 0 Å². The van der Waals surface area contributed by atoms with Gasteiger partial charge in [0.2, 0.25) is 0 Å². The van der Waals surface area contributed by atoms with Crippen molar-refractivity contribution in [3.8, 4) is 5.75 Å². The first-order valence-corrected chi connectivity index (χ1v) is 9.97. The minimum Gasteiger partial charge on any atom is -0.497 e. The number of carbonyl (C=O) groups is 1. The lowest BCUT2D eigenvalue weighted by Crippen LogP contribution is -2.42. The smallest absolute Gasteiger partial charge is 0.317 e. The van der Waals surface area contributed by atoms with E-state index in [1.165, 1.54) is 18.4 Å². The minimum atomic E-state index is -0.111. The molecule has 27 heavy (non-hydrogen) atoms. The number of hydrogen-bond donors (Lipinski definition) is 1. The van der Waals surface area contributed by atoms with Gasteiger partial charge in [-0.15, -0.1) is 0 Å². The second-order valence-electron chi connectivity index (χ2n) is 6.78. The van der Waals surface area contributed by atoms with Crippen LogP contribution in [0.5, 0.6) is 5.75 Å². The van der Waals surface area contributed by atoms with Gasteiger partial charge in [0.15, 0.2) is 4.67 Å². The van der Waals surface area contributed by atoms with Crippen LogP contribution < -0.4 is 10.1 Å². The van der Waals surface area contributed by atoms with Gasteiger partial charge in [-0.2, -0.15) is 0 Å². The van der Waals surface area contributed by atoms with Crippen LogP contribution in [0.15, 0.2) is 45.5 Å². The van der Waals surface area contributed by atoms with Crippen LogP contribution in [-0.2, 0) is 6.54 Å². The van der Waals surface area contributed by atoms with Crippen LogP contribution in [-0.4, -0.2) is 49.6 Å². The summed E-state index contributed by atoms with van der Waals surface area (Å²) < 4.78 is 11.4. The lowest BCUT2D eigenvalue weighted by Gasteiger charge is -2.29. The molecule has 0 saturated carbocycles. The van der Waals surface area contributed by atoms with Crippen molar-refractivity contribution >= 4 is 22.0 Å². The summed E-state index contributed by atoms with van der Waals surface area (Å²) in [6.45, 7) is 3.11. The molecular weight excluding hydrogens is 410 g/mol. The summed E-state index contributed by atoms with van der Waals surface area (Å²) in [4.78, 5) is 16.6. The highest BCUT2D eigenvalue weighted by molar-refractivity contribution is 9.10. The van der Waals surface area contributed by atoms with E-state index in [1.54, 1.807) is 19.1 Å². The third-order valence-corrected chi connectivity index (χ3v) is 5.32. The summed E-state index contributed by atoms with van der Waals surface area (Å²) in [5.41, 5.74) is 1.19. The van der Waals surface area contributed by atoms with Crippen LogP contribution in [0.2, 0.25) is 0 Å². The maximum atomic E-state index is 12.5. The number of nitrogens with zero attached hydrogens (tertiary/aromatic N) is 2. The monoisotopic (exact) mass is 435 g/mol. The number of methoxy groups -OCH3 is 1. The molecule has 1 atom stereocenters. The van der Waals surface area contributed by atoms with Crippen molar-refractivity contribution in [1.29, 1.82) is 0 Å². The lowest BCUT2D eigenvalue weighted by molar-refractivity contribution is 0.192. The highest BCUT2D eigenvalue weighted by atomic mass is 79.9. The zero-order valence-electron chi connectivity index (χ0n) is 15.8. The average molecular weight is 436 g/mol. The van der Waals surface area contributed by atoms with Gasteiger partial charge in [-0.3, -0.25) is 4.90 Å². The molecule has 2 aromatic rings. The third-order valence-electron chi connectivity index (χ3n) is 4.90. The molecule has 1 N–H and O–H groups in total. The van der Waals surface area contributed by atoms with Crippen molar-refractivity contribution in [2.75, 3.05) is 33.8 Å². The predicted molar refractivity (Wildman–Crippen MR) is 108 cm³/mol. The first-order valence-electron chi connectivity index (χ1n) is 9.18. The fourth-order valence-electron chi connectivity index (χ4n) is 3.40. The quantitative estimate of drug-likeness (QED) is 0.712. The molecule has 0 radical (unpaired) electrons. The highest BCUT2D eigenvalue weighted by Gasteiger charge is 2.24. The number of ether oxygens (including phenoxy) is 1. The zero-order chi connectivity index (χ0) is 19.2. The molecule has 1 saturated heterocycles. The van der Waals surface area contributed by atoms with Crippen LogP contribution in [0.3, 0.4) is 0 Å². The third kappa shape index (κ3) is 5.26. The Labute approximate surface area is 168 Å². The molecule has 1 aromatic heterocycles. The number of benzene rings is 1. The van der Waals surface area contributed by atoms with Gasteiger partial charge in [0.05, 0.1) is 19.7 Å². The van der Waals surface area contributed by atoms with Crippen LogP contribution in [0, 0.1) is 0 Å². The first-order chi connectivity index (χ1) is 13.1. The van der Waals surface area contributed by atoms with Crippen molar-refractivity contribution in [1.82, 2.24) is 15.1 Å². The Hall–Kier alpha value is -1.99. The second kappa shape index (κ2) is 9.28. The normalized spacial score (nSPS) is 15.5. The number of hydrogen-bond acceptors (Lipinski definition) is 4. The van der Waals surface area contributed by atoms with Crippen LogP contribution in [0.25, 0.3) is 0 Å². The molecule has 2 heterocycles. The molecule has 1 aliphatic heterocycles. The highest BCUT2D eigenvalue weighted by Crippen LogP contribution is 2.26. The molecule has 7 heteroatoms. The number of furan rings is 1. The van der Waals surface area contributed by atoms with E-state index >= 15 is 0 Å². The molecule has 0 bridgehead atoms. The van der Waals surface area contributed by atoms with Crippen molar-refractivity contribution in [3.63, 3.8) is 0 Å². The largest absolute Gasteiger partial charge is 0.497 e. The lowest BCUT2D eigenvalue weighted by atomic mass is 10.1. The number of rotatable bonds is 7. The Bertz CT molecular complexity index is 741. The molecule has 146 valence electrons. The number of nitrogens with one attached hydrogen (secondary N) is 1. The Kier molecular flexibility index (Phi) is 6.79. The molecule has 2 amide bonds. The van der Waals surface area contributed by atoms with Gasteiger partial charge in [-0.1, -0.05) is 12.1 Å². The number of carbonyl (C=O) groups excluding carboxylic acids is 1. The summed E-state index contributed by atoms with van der Waals surface area (Å²) in [6, 6.07) is 11.8. The van der Waals surface area contributed by atoms with Crippen molar-refractivity contribution < 1.29 is 13.9 Å². The summed E-state index contributed by atoms with van der Waals surface area (Å²) >= 11 is 3.28. The van der Waals surface area contributed by atoms with Gasteiger partial charge in [0.1, 0.15) is 11.5 Å². The van der Waals surface area contributed by atoms with Crippen LogP contribution in [0.1, 0.15) is 30.2 Å². The van der Waals surface area contributed by atoms with E-state index in [1.807, 2.05) is 24.3 Å². The molecule has 0 aliphatic carbocycles. The van der Waals surface area contributed by atoms with Crippen molar-refractivity contribution in [2.45, 2.75) is 25.4 Å².